The molecule has 1 N–H and O–H groups in total. The molecule has 1 aliphatic heterocycles. The van der Waals surface area contributed by atoms with Crippen LogP contribution in [0.2, 0.25) is 0 Å². The predicted octanol–water partition coefficient (Wildman–Crippen LogP) is 2.01. The fourth-order valence-electron chi connectivity index (χ4n) is 1.89. The summed E-state index contributed by atoms with van der Waals surface area (Å²) in [6.07, 6.45) is 0. The van der Waals surface area contributed by atoms with E-state index in [2.05, 4.69) is 26.1 Å². The zero-order chi connectivity index (χ0) is 13.6. The molecule has 1 aliphatic rings. The maximum absolute atomic E-state index is 11.7. The van der Waals surface area contributed by atoms with Crippen molar-refractivity contribution in [2.75, 3.05) is 33.7 Å². The van der Waals surface area contributed by atoms with Crippen molar-refractivity contribution < 1.29 is 4.79 Å². The molecule has 0 aromatic carbocycles. The summed E-state index contributed by atoms with van der Waals surface area (Å²) in [7, 11) is 3.81. The minimum Gasteiger partial charge on any atom is -0.326 e. The summed E-state index contributed by atoms with van der Waals surface area (Å²) in [5, 5.41) is 3.29. The van der Waals surface area contributed by atoms with Crippen LogP contribution in [-0.4, -0.2) is 55.6 Å². The fourth-order valence-corrected chi connectivity index (χ4v) is 1.89. The van der Waals surface area contributed by atoms with Crippen molar-refractivity contribution in [2.24, 2.45) is 5.41 Å². The van der Waals surface area contributed by atoms with Gasteiger partial charge in [0.2, 0.25) is 0 Å². The topological polar surface area (TPSA) is 35.6 Å². The van der Waals surface area contributed by atoms with Crippen molar-refractivity contribution >= 4 is 6.03 Å². The summed E-state index contributed by atoms with van der Waals surface area (Å²) in [6, 6.07) is 0.493. The van der Waals surface area contributed by atoms with Gasteiger partial charge in [0.05, 0.1) is 0 Å². The lowest BCUT2D eigenvalue weighted by atomic mass is 9.86. The molecule has 0 aromatic heterocycles. The summed E-state index contributed by atoms with van der Waals surface area (Å²) >= 11 is 0. The number of hydrogen-bond donors (Lipinski definition) is 1. The first kappa shape index (κ1) is 16.2. The molecule has 17 heavy (non-hydrogen) atoms. The molecule has 1 heterocycles. The zero-order valence-electron chi connectivity index (χ0n) is 12.5. The van der Waals surface area contributed by atoms with E-state index < -0.39 is 0 Å². The number of carbonyl (C=O) groups excluding carboxylic acids is 1. The molecule has 1 fully saturated rings. The summed E-state index contributed by atoms with van der Waals surface area (Å²) in [5.74, 6) is 0. The van der Waals surface area contributed by atoms with Crippen LogP contribution in [-0.2, 0) is 0 Å². The average Bonchev–Trinajstić information content (AvgIpc) is 2.58. The zero-order valence-corrected chi connectivity index (χ0v) is 12.5. The predicted molar refractivity (Wildman–Crippen MR) is 73.2 cm³/mol. The normalized spacial score (nSPS) is 17.9. The van der Waals surface area contributed by atoms with Crippen LogP contribution in [0.5, 0.6) is 0 Å². The van der Waals surface area contributed by atoms with Gasteiger partial charge in [-0.2, -0.15) is 0 Å². The Morgan fingerprint density at radius 1 is 1.29 bits per heavy atom. The van der Waals surface area contributed by atoms with Crippen LogP contribution in [0, 0.1) is 5.41 Å². The first-order chi connectivity index (χ1) is 7.86. The van der Waals surface area contributed by atoms with Gasteiger partial charge in [-0.3, -0.25) is 0 Å². The van der Waals surface area contributed by atoms with Crippen LogP contribution >= 0.6 is 0 Å². The third-order valence-electron chi connectivity index (χ3n) is 3.10. The van der Waals surface area contributed by atoms with Gasteiger partial charge in [-0.25, -0.2) is 4.79 Å². The lowest BCUT2D eigenvalue weighted by Crippen LogP contribution is -2.48. The largest absolute Gasteiger partial charge is 0.326 e. The van der Waals surface area contributed by atoms with Gasteiger partial charge in [0.25, 0.3) is 0 Å². The summed E-state index contributed by atoms with van der Waals surface area (Å²) in [5.41, 5.74) is 0.177. The van der Waals surface area contributed by atoms with E-state index in [4.69, 9.17) is 0 Å². The molecule has 2 amide bonds. The number of carbonyl (C=O) groups is 1. The molecule has 1 saturated heterocycles. The highest BCUT2D eigenvalue weighted by Crippen LogP contribution is 2.21. The van der Waals surface area contributed by atoms with E-state index in [-0.39, 0.29) is 11.4 Å². The molecule has 4 nitrogen and oxygen atoms in total. The van der Waals surface area contributed by atoms with Crippen LogP contribution in [0.3, 0.4) is 0 Å². The van der Waals surface area contributed by atoms with Crippen LogP contribution in [0.25, 0.3) is 0 Å². The number of nitrogens with one attached hydrogen (secondary N) is 1. The quantitative estimate of drug-likeness (QED) is 0.823. The number of nitrogens with zero attached hydrogens (tertiary/aromatic N) is 2. The molecule has 1 atom stereocenters. The van der Waals surface area contributed by atoms with Crippen LogP contribution in [0.1, 0.15) is 34.6 Å². The highest BCUT2D eigenvalue weighted by atomic mass is 16.2. The van der Waals surface area contributed by atoms with Crippen molar-refractivity contribution in [1.82, 2.24) is 15.1 Å². The fraction of sp³-hybridized carbons (Fsp3) is 0.923. The number of hydrogen-bond acceptors (Lipinski definition) is 2. The Balaban J connectivity index is 0.00000121. The minimum atomic E-state index is 0.152. The Morgan fingerprint density at radius 3 is 2.12 bits per heavy atom. The Kier molecular flexibility index (Phi) is 6.53. The first-order valence-electron chi connectivity index (χ1n) is 6.53. The lowest BCUT2D eigenvalue weighted by Gasteiger charge is -2.33. The second-order valence-electron chi connectivity index (χ2n) is 5.36. The summed E-state index contributed by atoms with van der Waals surface area (Å²) in [6.45, 7) is 13.1. The van der Waals surface area contributed by atoms with Gasteiger partial charge in [0.15, 0.2) is 0 Å². The first-order valence-corrected chi connectivity index (χ1v) is 6.53. The lowest BCUT2D eigenvalue weighted by molar-refractivity contribution is 0.177. The smallest absolute Gasteiger partial charge is 0.319 e. The molecule has 0 bridgehead atoms. The molecule has 0 radical (unpaired) electrons. The molecule has 0 aromatic rings. The van der Waals surface area contributed by atoms with E-state index in [1.165, 1.54) is 0 Å². The maximum Gasteiger partial charge on any atom is 0.319 e. The van der Waals surface area contributed by atoms with Gasteiger partial charge in [0.1, 0.15) is 0 Å². The van der Waals surface area contributed by atoms with Crippen molar-refractivity contribution in [2.45, 2.75) is 40.7 Å². The Morgan fingerprint density at radius 2 is 1.82 bits per heavy atom. The molecular formula is C13H29N3O. The molecule has 1 unspecified atom stereocenters. The standard InChI is InChI=1S/C11H23N3O.C2H6/c1-11(2,3)9(12-4)8-14-7-6-13(5)10(14)15;1-2/h9,12H,6-8H2,1-5H3;1-2H3. The highest BCUT2D eigenvalue weighted by Gasteiger charge is 2.31. The van der Waals surface area contributed by atoms with E-state index in [0.717, 1.165) is 19.6 Å². The molecule has 0 spiro atoms. The van der Waals surface area contributed by atoms with Gasteiger partial charge in [-0.15, -0.1) is 0 Å². The summed E-state index contributed by atoms with van der Waals surface area (Å²) in [4.78, 5) is 15.4. The molecule has 0 saturated carbocycles. The third kappa shape index (κ3) is 4.54. The van der Waals surface area contributed by atoms with Crippen LogP contribution < -0.4 is 5.32 Å². The molecule has 0 aliphatic carbocycles. The van der Waals surface area contributed by atoms with Crippen LogP contribution in [0.15, 0.2) is 0 Å². The second-order valence-corrected chi connectivity index (χ2v) is 5.36. The molecular weight excluding hydrogens is 214 g/mol. The number of rotatable bonds is 3. The number of urea groups is 1. The van der Waals surface area contributed by atoms with Crippen molar-refractivity contribution in [3.8, 4) is 0 Å². The van der Waals surface area contributed by atoms with Crippen molar-refractivity contribution in [3.05, 3.63) is 0 Å². The minimum absolute atomic E-state index is 0.152. The van der Waals surface area contributed by atoms with Crippen molar-refractivity contribution in [1.29, 1.82) is 0 Å². The van der Waals surface area contributed by atoms with Gasteiger partial charge in [-0.05, 0) is 12.5 Å². The Labute approximate surface area is 106 Å². The van der Waals surface area contributed by atoms with Crippen LogP contribution in [0.4, 0.5) is 4.79 Å². The van der Waals surface area contributed by atoms with Gasteiger partial charge in [0, 0.05) is 32.7 Å². The highest BCUT2D eigenvalue weighted by molar-refractivity contribution is 5.76. The second kappa shape index (κ2) is 6.84. The van der Waals surface area contributed by atoms with E-state index in [9.17, 15) is 4.79 Å². The maximum atomic E-state index is 11.7. The average molecular weight is 243 g/mol. The van der Waals surface area contributed by atoms with Gasteiger partial charge in [-0.1, -0.05) is 34.6 Å². The molecule has 1 rings (SSSR count). The molecule has 102 valence electrons. The summed E-state index contributed by atoms with van der Waals surface area (Å²) < 4.78 is 0. The molecule has 4 heteroatoms. The van der Waals surface area contributed by atoms with Crippen molar-refractivity contribution in [3.63, 3.8) is 0 Å². The van der Waals surface area contributed by atoms with E-state index >= 15 is 0 Å². The third-order valence-corrected chi connectivity index (χ3v) is 3.10. The SMILES string of the molecule is CC.CNC(CN1CCN(C)C1=O)C(C)(C)C. The van der Waals surface area contributed by atoms with E-state index in [1.54, 1.807) is 4.90 Å². The Hall–Kier alpha value is -0.770. The van der Waals surface area contributed by atoms with Gasteiger partial charge < -0.3 is 15.1 Å². The van der Waals surface area contributed by atoms with E-state index in [1.807, 2.05) is 32.8 Å². The van der Waals surface area contributed by atoms with Gasteiger partial charge >= 0.3 is 6.03 Å². The number of amides is 2. The Bertz CT molecular complexity index is 235. The monoisotopic (exact) mass is 243 g/mol. The van der Waals surface area contributed by atoms with E-state index in [0.29, 0.717) is 6.04 Å². The number of likely N-dealkylation sites (N-methyl/N-ethyl adjacent to an activating group) is 2.